The van der Waals surface area contributed by atoms with E-state index in [0.29, 0.717) is 5.56 Å². The van der Waals surface area contributed by atoms with Gasteiger partial charge in [-0.3, -0.25) is 4.79 Å². The number of thiocyanates is 1. The lowest BCUT2D eigenvalue weighted by atomic mass is 10.1. The van der Waals surface area contributed by atoms with Crippen LogP contribution in [0.4, 0.5) is 4.39 Å². The first-order valence-corrected chi connectivity index (χ1v) is 7.66. The minimum atomic E-state index is -0.569. The second kappa shape index (κ2) is 7.65. The molecule has 0 aliphatic rings. The SMILES string of the molecule is CNC(=O)c1cc(C)c(OCc2ccc(SC#N)cc2)c(F)c1. The number of hydrogen-bond acceptors (Lipinski definition) is 4. The predicted octanol–water partition coefficient (Wildman–Crippen LogP) is 3.65. The Morgan fingerprint density at radius 2 is 2.04 bits per heavy atom. The highest BCUT2D eigenvalue weighted by molar-refractivity contribution is 8.03. The molecule has 1 amide bonds. The van der Waals surface area contributed by atoms with Gasteiger partial charge in [-0.15, -0.1) is 0 Å². The zero-order chi connectivity index (χ0) is 16.8. The number of ether oxygens (including phenoxy) is 1. The molecule has 0 aliphatic heterocycles. The number of hydrogen-bond donors (Lipinski definition) is 1. The Kier molecular flexibility index (Phi) is 5.61. The summed E-state index contributed by atoms with van der Waals surface area (Å²) in [6.45, 7) is 1.89. The molecule has 118 valence electrons. The van der Waals surface area contributed by atoms with E-state index in [9.17, 15) is 9.18 Å². The lowest BCUT2D eigenvalue weighted by molar-refractivity contribution is 0.0962. The van der Waals surface area contributed by atoms with Crippen LogP contribution in [0.1, 0.15) is 21.5 Å². The third-order valence-electron chi connectivity index (χ3n) is 3.19. The highest BCUT2D eigenvalue weighted by Gasteiger charge is 2.13. The number of benzene rings is 2. The Labute approximate surface area is 138 Å². The molecule has 0 atom stereocenters. The molecule has 4 nitrogen and oxygen atoms in total. The molecule has 6 heteroatoms. The molecular formula is C17H15FN2O2S. The number of thioether (sulfide) groups is 1. The minimum Gasteiger partial charge on any atom is -0.486 e. The molecule has 2 aromatic rings. The van der Waals surface area contributed by atoms with Crippen molar-refractivity contribution in [3.8, 4) is 11.2 Å². The molecule has 0 aromatic heterocycles. The summed E-state index contributed by atoms with van der Waals surface area (Å²) in [7, 11) is 1.49. The molecule has 2 rings (SSSR count). The first-order chi connectivity index (χ1) is 11.0. The summed E-state index contributed by atoms with van der Waals surface area (Å²) in [4.78, 5) is 12.4. The topological polar surface area (TPSA) is 62.1 Å². The number of nitrogens with one attached hydrogen (secondary N) is 1. The molecule has 0 fully saturated rings. The van der Waals surface area contributed by atoms with Crippen molar-refractivity contribution in [3.63, 3.8) is 0 Å². The maximum absolute atomic E-state index is 14.1. The molecule has 2 aromatic carbocycles. The number of halogens is 1. The first kappa shape index (κ1) is 16.8. The highest BCUT2D eigenvalue weighted by atomic mass is 32.2. The Bertz CT molecular complexity index is 731. The summed E-state index contributed by atoms with van der Waals surface area (Å²) in [5, 5.41) is 13.1. The number of nitriles is 1. The van der Waals surface area contributed by atoms with Gasteiger partial charge in [0, 0.05) is 17.5 Å². The summed E-state index contributed by atoms with van der Waals surface area (Å²) in [6.07, 6.45) is 0. The normalized spacial score (nSPS) is 10.0. The van der Waals surface area contributed by atoms with Crippen molar-refractivity contribution in [1.29, 1.82) is 5.26 Å². The number of aryl methyl sites for hydroxylation is 1. The van der Waals surface area contributed by atoms with Crippen LogP contribution >= 0.6 is 11.8 Å². The van der Waals surface area contributed by atoms with Crippen molar-refractivity contribution in [1.82, 2.24) is 5.32 Å². The fourth-order valence-corrected chi connectivity index (χ4v) is 2.43. The van der Waals surface area contributed by atoms with Gasteiger partial charge in [0.1, 0.15) is 12.0 Å². The second-order valence-electron chi connectivity index (χ2n) is 4.81. The monoisotopic (exact) mass is 330 g/mol. The number of nitrogens with zero attached hydrogens (tertiary/aromatic N) is 1. The van der Waals surface area contributed by atoms with Gasteiger partial charge in [-0.25, -0.2) is 4.39 Å². The van der Waals surface area contributed by atoms with Crippen molar-refractivity contribution < 1.29 is 13.9 Å². The first-order valence-electron chi connectivity index (χ1n) is 6.85. The summed E-state index contributed by atoms with van der Waals surface area (Å²) >= 11 is 1.08. The van der Waals surface area contributed by atoms with Crippen LogP contribution in [0.3, 0.4) is 0 Å². The average molecular weight is 330 g/mol. The predicted molar refractivity (Wildman–Crippen MR) is 86.8 cm³/mol. The summed E-state index contributed by atoms with van der Waals surface area (Å²) in [5.74, 6) is -0.780. The van der Waals surface area contributed by atoms with Gasteiger partial charge >= 0.3 is 0 Å². The van der Waals surface area contributed by atoms with Gasteiger partial charge < -0.3 is 10.1 Å². The van der Waals surface area contributed by atoms with E-state index in [1.54, 1.807) is 13.0 Å². The van der Waals surface area contributed by atoms with Gasteiger partial charge in [-0.1, -0.05) is 12.1 Å². The third-order valence-corrected chi connectivity index (χ3v) is 3.79. The molecule has 0 saturated heterocycles. The average Bonchev–Trinajstić information content (AvgIpc) is 2.55. The maximum Gasteiger partial charge on any atom is 0.251 e. The molecule has 0 spiro atoms. The number of carbonyl (C=O) groups excluding carboxylic acids is 1. The zero-order valence-corrected chi connectivity index (χ0v) is 13.5. The number of rotatable bonds is 5. The molecule has 0 heterocycles. The largest absolute Gasteiger partial charge is 0.486 e. The van der Waals surface area contributed by atoms with Crippen LogP contribution in [0.5, 0.6) is 5.75 Å². The van der Waals surface area contributed by atoms with E-state index in [0.717, 1.165) is 28.3 Å². The van der Waals surface area contributed by atoms with Gasteiger partial charge in [-0.2, -0.15) is 5.26 Å². The van der Waals surface area contributed by atoms with Gasteiger partial charge in [0.15, 0.2) is 11.6 Å². The van der Waals surface area contributed by atoms with E-state index in [4.69, 9.17) is 10.00 Å². The standard InChI is InChI=1S/C17H15FN2O2S/c1-11-7-13(17(21)20-2)8-15(18)16(11)22-9-12-3-5-14(6-4-12)23-10-19/h3-8H,9H2,1-2H3,(H,20,21). The van der Waals surface area contributed by atoms with Crippen LogP contribution in [0, 0.1) is 23.4 Å². The van der Waals surface area contributed by atoms with Gasteiger partial charge in [-0.05, 0) is 54.1 Å². The molecular weight excluding hydrogens is 315 g/mol. The van der Waals surface area contributed by atoms with E-state index in [1.165, 1.54) is 7.05 Å². The Morgan fingerprint density at radius 1 is 1.35 bits per heavy atom. The lowest BCUT2D eigenvalue weighted by Crippen LogP contribution is -2.18. The highest BCUT2D eigenvalue weighted by Crippen LogP contribution is 2.25. The van der Waals surface area contributed by atoms with E-state index in [2.05, 4.69) is 5.32 Å². The van der Waals surface area contributed by atoms with Crippen LogP contribution in [0.25, 0.3) is 0 Å². The number of carbonyl (C=O) groups is 1. The molecule has 0 bridgehead atoms. The Morgan fingerprint density at radius 3 is 2.61 bits per heavy atom. The fourth-order valence-electron chi connectivity index (χ4n) is 2.05. The van der Waals surface area contributed by atoms with Crippen LogP contribution in [0.2, 0.25) is 0 Å². The lowest BCUT2D eigenvalue weighted by Gasteiger charge is -2.12. The van der Waals surface area contributed by atoms with E-state index < -0.39 is 5.82 Å². The van der Waals surface area contributed by atoms with Gasteiger partial charge in [0.25, 0.3) is 5.91 Å². The summed E-state index contributed by atoms with van der Waals surface area (Å²) < 4.78 is 19.7. The fraction of sp³-hybridized carbons (Fsp3) is 0.176. The van der Waals surface area contributed by atoms with E-state index >= 15 is 0 Å². The Balaban J connectivity index is 2.11. The summed E-state index contributed by atoms with van der Waals surface area (Å²) in [5.41, 5.74) is 1.68. The third kappa shape index (κ3) is 4.24. The number of amides is 1. The minimum absolute atomic E-state index is 0.133. The van der Waals surface area contributed by atoms with Crippen molar-refractivity contribution in [2.45, 2.75) is 18.4 Å². The van der Waals surface area contributed by atoms with Crippen molar-refractivity contribution in [2.24, 2.45) is 0 Å². The second-order valence-corrected chi connectivity index (χ2v) is 5.67. The molecule has 0 unspecified atom stereocenters. The zero-order valence-electron chi connectivity index (χ0n) is 12.7. The van der Waals surface area contributed by atoms with Crippen LogP contribution < -0.4 is 10.1 Å². The Hall–Kier alpha value is -2.52. The van der Waals surface area contributed by atoms with E-state index in [-0.39, 0.29) is 23.8 Å². The molecule has 23 heavy (non-hydrogen) atoms. The van der Waals surface area contributed by atoms with Crippen LogP contribution in [0.15, 0.2) is 41.3 Å². The molecule has 0 radical (unpaired) electrons. The van der Waals surface area contributed by atoms with Crippen LogP contribution in [-0.2, 0) is 6.61 Å². The summed E-state index contributed by atoms with van der Waals surface area (Å²) in [6, 6.07) is 10.0. The molecule has 0 saturated carbocycles. The smallest absolute Gasteiger partial charge is 0.251 e. The van der Waals surface area contributed by atoms with Crippen molar-refractivity contribution >= 4 is 17.7 Å². The van der Waals surface area contributed by atoms with Crippen LogP contribution in [-0.4, -0.2) is 13.0 Å². The van der Waals surface area contributed by atoms with Crippen molar-refractivity contribution in [3.05, 3.63) is 58.9 Å². The van der Waals surface area contributed by atoms with Crippen molar-refractivity contribution in [2.75, 3.05) is 7.05 Å². The quantitative estimate of drug-likeness (QED) is 0.671. The van der Waals surface area contributed by atoms with E-state index in [1.807, 2.05) is 29.7 Å². The molecule has 0 aliphatic carbocycles. The molecule has 1 N–H and O–H groups in total. The van der Waals surface area contributed by atoms with Gasteiger partial charge in [0.2, 0.25) is 0 Å². The van der Waals surface area contributed by atoms with Gasteiger partial charge in [0.05, 0.1) is 0 Å². The maximum atomic E-state index is 14.1.